The largest absolute Gasteiger partial charge is 0.417 e. The first-order valence-corrected chi connectivity index (χ1v) is 8.41. The number of hydrogen-bond acceptors (Lipinski definition) is 5. The van der Waals surface area contributed by atoms with Crippen LogP contribution in [0.4, 0.5) is 18.3 Å². The second-order valence-electron chi connectivity index (χ2n) is 5.53. The van der Waals surface area contributed by atoms with Crippen LogP contribution in [0.3, 0.4) is 0 Å². The molecule has 0 saturated heterocycles. The first-order valence-electron chi connectivity index (χ1n) is 7.54. The first kappa shape index (κ1) is 18.1. The van der Waals surface area contributed by atoms with Crippen LogP contribution in [-0.4, -0.2) is 25.7 Å². The SMILES string of the molecule is Cc1nn(-c2ccc(C(F)(F)F)cn2)c(C)c1CC(=O)Nc1nccs1. The van der Waals surface area contributed by atoms with Gasteiger partial charge in [0.05, 0.1) is 17.7 Å². The van der Waals surface area contributed by atoms with Gasteiger partial charge in [-0.15, -0.1) is 11.3 Å². The van der Waals surface area contributed by atoms with Crippen LogP contribution in [0.2, 0.25) is 0 Å². The highest BCUT2D eigenvalue weighted by Crippen LogP contribution is 2.29. The molecule has 0 aliphatic rings. The summed E-state index contributed by atoms with van der Waals surface area (Å²) in [5.41, 5.74) is 1.12. The van der Waals surface area contributed by atoms with E-state index in [1.807, 2.05) is 0 Å². The Labute approximate surface area is 150 Å². The van der Waals surface area contributed by atoms with Crippen LogP contribution in [0.5, 0.6) is 0 Å². The third kappa shape index (κ3) is 3.74. The topological polar surface area (TPSA) is 72.7 Å². The van der Waals surface area contributed by atoms with E-state index in [0.717, 1.165) is 12.3 Å². The maximum atomic E-state index is 12.7. The van der Waals surface area contributed by atoms with Crippen molar-refractivity contribution in [3.05, 3.63) is 52.4 Å². The van der Waals surface area contributed by atoms with Crippen molar-refractivity contribution in [1.29, 1.82) is 0 Å². The van der Waals surface area contributed by atoms with Crippen LogP contribution < -0.4 is 5.32 Å². The Hall–Kier alpha value is -2.75. The van der Waals surface area contributed by atoms with E-state index in [4.69, 9.17) is 0 Å². The van der Waals surface area contributed by atoms with Gasteiger partial charge in [-0.25, -0.2) is 14.6 Å². The van der Waals surface area contributed by atoms with Crippen LogP contribution >= 0.6 is 11.3 Å². The number of nitrogens with one attached hydrogen (secondary N) is 1. The number of carbonyl (C=O) groups is 1. The fraction of sp³-hybridized carbons (Fsp3) is 0.250. The average Bonchev–Trinajstić information content (AvgIpc) is 3.17. The van der Waals surface area contributed by atoms with Gasteiger partial charge >= 0.3 is 6.18 Å². The van der Waals surface area contributed by atoms with Crippen molar-refractivity contribution in [3.63, 3.8) is 0 Å². The Morgan fingerprint density at radius 3 is 2.62 bits per heavy atom. The molecular weight excluding hydrogens is 367 g/mol. The van der Waals surface area contributed by atoms with Crippen LogP contribution in [0.25, 0.3) is 5.82 Å². The molecule has 0 atom stereocenters. The number of halogens is 3. The molecule has 0 fully saturated rings. The van der Waals surface area contributed by atoms with Gasteiger partial charge in [0.15, 0.2) is 10.9 Å². The van der Waals surface area contributed by atoms with Gasteiger partial charge in [-0.2, -0.15) is 18.3 Å². The monoisotopic (exact) mass is 381 g/mol. The molecule has 3 heterocycles. The summed E-state index contributed by atoms with van der Waals surface area (Å²) in [5, 5.41) is 9.24. The van der Waals surface area contributed by atoms with E-state index in [2.05, 4.69) is 20.4 Å². The molecule has 26 heavy (non-hydrogen) atoms. The van der Waals surface area contributed by atoms with Gasteiger partial charge in [-0.05, 0) is 26.0 Å². The van der Waals surface area contributed by atoms with Gasteiger partial charge in [0.2, 0.25) is 5.91 Å². The molecule has 0 bridgehead atoms. The Morgan fingerprint density at radius 2 is 2.04 bits per heavy atom. The highest BCUT2D eigenvalue weighted by molar-refractivity contribution is 7.13. The summed E-state index contributed by atoms with van der Waals surface area (Å²) in [6.07, 6.45) is -2.01. The minimum absolute atomic E-state index is 0.0812. The number of pyridine rings is 1. The quantitative estimate of drug-likeness (QED) is 0.750. The summed E-state index contributed by atoms with van der Waals surface area (Å²) in [4.78, 5) is 20.0. The number of rotatable bonds is 4. The summed E-state index contributed by atoms with van der Waals surface area (Å²) in [6, 6.07) is 2.20. The normalized spacial score (nSPS) is 11.6. The maximum Gasteiger partial charge on any atom is 0.417 e. The number of thiazole rings is 1. The van der Waals surface area contributed by atoms with Gasteiger partial charge in [-0.1, -0.05) is 0 Å². The van der Waals surface area contributed by atoms with E-state index in [1.54, 1.807) is 25.4 Å². The van der Waals surface area contributed by atoms with E-state index in [0.29, 0.717) is 22.1 Å². The van der Waals surface area contributed by atoms with Crippen molar-refractivity contribution in [3.8, 4) is 5.82 Å². The lowest BCUT2D eigenvalue weighted by molar-refractivity contribution is -0.137. The average molecular weight is 381 g/mol. The minimum atomic E-state index is -4.44. The molecule has 0 radical (unpaired) electrons. The van der Waals surface area contributed by atoms with Crippen molar-refractivity contribution in [1.82, 2.24) is 19.7 Å². The lowest BCUT2D eigenvalue weighted by atomic mass is 10.1. The molecule has 0 aliphatic carbocycles. The number of amides is 1. The summed E-state index contributed by atoms with van der Waals surface area (Å²) in [5.74, 6) is 0.0104. The zero-order valence-corrected chi connectivity index (χ0v) is 14.6. The summed E-state index contributed by atoms with van der Waals surface area (Å²) in [6.45, 7) is 3.48. The van der Waals surface area contributed by atoms with E-state index in [1.165, 1.54) is 22.1 Å². The Kier molecular flexibility index (Phi) is 4.77. The molecule has 0 unspecified atom stereocenters. The molecule has 136 valence electrons. The zero-order chi connectivity index (χ0) is 18.9. The first-order chi connectivity index (χ1) is 12.3. The van der Waals surface area contributed by atoms with E-state index in [9.17, 15) is 18.0 Å². The predicted molar refractivity (Wildman–Crippen MR) is 90.3 cm³/mol. The fourth-order valence-electron chi connectivity index (χ4n) is 2.44. The third-order valence-corrected chi connectivity index (χ3v) is 4.44. The molecule has 0 spiro atoms. The number of hydrogen-bond donors (Lipinski definition) is 1. The number of carbonyl (C=O) groups excluding carboxylic acids is 1. The lowest BCUT2D eigenvalue weighted by Gasteiger charge is -2.08. The van der Waals surface area contributed by atoms with E-state index < -0.39 is 11.7 Å². The minimum Gasteiger partial charge on any atom is -0.302 e. The number of aryl methyl sites for hydroxylation is 1. The van der Waals surface area contributed by atoms with E-state index in [-0.39, 0.29) is 18.1 Å². The van der Waals surface area contributed by atoms with Crippen LogP contribution in [-0.2, 0) is 17.4 Å². The summed E-state index contributed by atoms with van der Waals surface area (Å²) >= 11 is 1.31. The predicted octanol–water partition coefficient (Wildman–Crippen LogP) is 3.54. The van der Waals surface area contributed by atoms with Gasteiger partial charge in [0.25, 0.3) is 0 Å². The van der Waals surface area contributed by atoms with Crippen molar-refractivity contribution in [2.75, 3.05) is 5.32 Å². The number of anilines is 1. The number of aromatic nitrogens is 4. The van der Waals surface area contributed by atoms with Crippen molar-refractivity contribution in [2.24, 2.45) is 0 Å². The highest BCUT2D eigenvalue weighted by atomic mass is 32.1. The Bertz CT molecular complexity index is 917. The zero-order valence-electron chi connectivity index (χ0n) is 13.8. The van der Waals surface area contributed by atoms with Gasteiger partial charge < -0.3 is 5.32 Å². The van der Waals surface area contributed by atoms with Crippen LogP contribution in [0.1, 0.15) is 22.5 Å². The van der Waals surface area contributed by atoms with E-state index >= 15 is 0 Å². The molecule has 1 N–H and O–H groups in total. The smallest absolute Gasteiger partial charge is 0.302 e. The summed E-state index contributed by atoms with van der Waals surface area (Å²) < 4.78 is 39.4. The Balaban J connectivity index is 1.82. The molecule has 3 rings (SSSR count). The van der Waals surface area contributed by atoms with Crippen molar-refractivity contribution < 1.29 is 18.0 Å². The maximum absolute atomic E-state index is 12.7. The highest BCUT2D eigenvalue weighted by Gasteiger charge is 2.30. The van der Waals surface area contributed by atoms with Gasteiger partial charge in [0.1, 0.15) is 0 Å². The molecule has 6 nitrogen and oxygen atoms in total. The van der Waals surface area contributed by atoms with Crippen molar-refractivity contribution in [2.45, 2.75) is 26.4 Å². The Morgan fingerprint density at radius 1 is 1.27 bits per heavy atom. The van der Waals surface area contributed by atoms with Gasteiger partial charge in [-0.3, -0.25) is 4.79 Å². The van der Waals surface area contributed by atoms with Crippen molar-refractivity contribution >= 4 is 22.4 Å². The molecule has 3 aromatic heterocycles. The second kappa shape index (κ2) is 6.87. The fourth-order valence-corrected chi connectivity index (χ4v) is 2.99. The molecule has 1 amide bonds. The molecule has 0 saturated carbocycles. The molecule has 3 aromatic rings. The van der Waals surface area contributed by atoms with Crippen LogP contribution in [0, 0.1) is 13.8 Å². The lowest BCUT2D eigenvalue weighted by Crippen LogP contribution is -2.15. The second-order valence-corrected chi connectivity index (χ2v) is 6.42. The number of alkyl halides is 3. The third-order valence-electron chi connectivity index (χ3n) is 3.75. The van der Waals surface area contributed by atoms with Crippen LogP contribution in [0.15, 0.2) is 29.9 Å². The van der Waals surface area contributed by atoms with Gasteiger partial charge in [0, 0.05) is 29.0 Å². The standard InChI is InChI=1S/C16H14F3N5OS/c1-9-12(7-14(25)22-15-20-5-6-26-15)10(2)24(23-9)13-4-3-11(8-21-13)16(17,18)19/h3-6,8H,7H2,1-2H3,(H,20,22,25). The molecule has 0 aliphatic heterocycles. The molecule has 10 heteroatoms. The number of nitrogens with zero attached hydrogens (tertiary/aromatic N) is 4. The summed E-state index contributed by atoms with van der Waals surface area (Å²) in [7, 11) is 0. The molecular formula is C16H14F3N5OS. The molecule has 0 aromatic carbocycles.